The SMILES string of the molecule is CC1(C)OB(c2cccc(C3(O)CCCn4ccnc43)c2)OC1(C)C. The lowest BCUT2D eigenvalue weighted by molar-refractivity contribution is 0.00578. The minimum absolute atomic E-state index is 0.383. The number of benzene rings is 1. The van der Waals surface area contributed by atoms with Gasteiger partial charge in [0, 0.05) is 18.9 Å². The first-order valence-corrected chi connectivity index (χ1v) is 8.93. The third-order valence-corrected chi connectivity index (χ3v) is 5.91. The molecule has 1 unspecified atom stereocenters. The summed E-state index contributed by atoms with van der Waals surface area (Å²) in [6, 6.07) is 7.89. The normalized spacial score (nSPS) is 27.3. The van der Waals surface area contributed by atoms with Crippen LogP contribution in [0.1, 0.15) is 51.9 Å². The number of hydrogen-bond acceptors (Lipinski definition) is 4. The van der Waals surface area contributed by atoms with Crippen molar-refractivity contribution in [3.8, 4) is 0 Å². The van der Waals surface area contributed by atoms with Gasteiger partial charge in [-0.25, -0.2) is 4.98 Å². The Kier molecular flexibility index (Phi) is 3.66. The Morgan fingerprint density at radius 1 is 1.16 bits per heavy atom. The molecule has 0 radical (unpaired) electrons. The van der Waals surface area contributed by atoms with Crippen molar-refractivity contribution in [2.75, 3.05) is 0 Å². The molecule has 0 spiro atoms. The molecule has 25 heavy (non-hydrogen) atoms. The molecule has 1 atom stereocenters. The second-order valence-electron chi connectivity index (χ2n) is 8.12. The number of nitrogens with zero attached hydrogens (tertiary/aromatic N) is 2. The molecule has 4 rings (SSSR count). The maximum atomic E-state index is 11.4. The number of aliphatic hydroxyl groups is 1. The molecule has 0 aliphatic carbocycles. The quantitative estimate of drug-likeness (QED) is 0.852. The Bertz CT molecular complexity index is 785. The molecule has 1 saturated heterocycles. The van der Waals surface area contributed by atoms with Crippen LogP contribution in [0.15, 0.2) is 36.7 Å². The Hall–Kier alpha value is -1.63. The highest BCUT2D eigenvalue weighted by Crippen LogP contribution is 2.38. The van der Waals surface area contributed by atoms with Crippen LogP contribution in [-0.2, 0) is 21.5 Å². The third kappa shape index (κ3) is 2.55. The van der Waals surface area contributed by atoms with Gasteiger partial charge in [-0.05, 0) is 51.6 Å². The van der Waals surface area contributed by atoms with Crippen LogP contribution in [0.4, 0.5) is 0 Å². The lowest BCUT2D eigenvalue weighted by Crippen LogP contribution is -2.41. The van der Waals surface area contributed by atoms with E-state index in [1.54, 1.807) is 6.20 Å². The fourth-order valence-electron chi connectivity index (χ4n) is 3.67. The monoisotopic (exact) mass is 340 g/mol. The topological polar surface area (TPSA) is 56.5 Å². The van der Waals surface area contributed by atoms with Gasteiger partial charge < -0.3 is 19.0 Å². The number of hydrogen-bond donors (Lipinski definition) is 1. The molecule has 6 heteroatoms. The van der Waals surface area contributed by atoms with Gasteiger partial charge in [0.25, 0.3) is 0 Å². The van der Waals surface area contributed by atoms with Crippen LogP contribution in [0.2, 0.25) is 0 Å². The molecule has 2 aliphatic heterocycles. The molecular weight excluding hydrogens is 315 g/mol. The summed E-state index contributed by atoms with van der Waals surface area (Å²) < 4.78 is 14.3. The van der Waals surface area contributed by atoms with Crippen molar-refractivity contribution in [1.29, 1.82) is 0 Å². The van der Waals surface area contributed by atoms with Crippen molar-refractivity contribution in [3.63, 3.8) is 0 Å². The first-order chi connectivity index (χ1) is 11.7. The van der Waals surface area contributed by atoms with Gasteiger partial charge in [-0.1, -0.05) is 24.3 Å². The molecule has 3 heterocycles. The van der Waals surface area contributed by atoms with Gasteiger partial charge in [0.15, 0.2) is 0 Å². The number of aromatic nitrogens is 2. The van der Waals surface area contributed by atoms with E-state index in [4.69, 9.17) is 9.31 Å². The van der Waals surface area contributed by atoms with E-state index in [0.29, 0.717) is 12.2 Å². The van der Waals surface area contributed by atoms with Crippen LogP contribution in [0, 0.1) is 0 Å². The van der Waals surface area contributed by atoms with E-state index >= 15 is 0 Å². The molecule has 2 aromatic rings. The van der Waals surface area contributed by atoms with Crippen LogP contribution in [0.3, 0.4) is 0 Å². The van der Waals surface area contributed by atoms with E-state index in [0.717, 1.165) is 24.0 Å². The highest BCUT2D eigenvalue weighted by Gasteiger charge is 2.52. The van der Waals surface area contributed by atoms with Gasteiger partial charge >= 0.3 is 7.12 Å². The van der Waals surface area contributed by atoms with E-state index in [1.165, 1.54) is 0 Å². The Morgan fingerprint density at radius 3 is 2.60 bits per heavy atom. The standard InChI is InChI=1S/C19H25BN2O3/c1-17(2)18(3,4)25-20(24-17)15-8-5-7-14(13-15)19(23)9-6-11-22-12-10-21-16(19)22/h5,7-8,10,12-13,23H,6,9,11H2,1-4H3. The predicted octanol–water partition coefficient (Wildman–Crippen LogP) is 2.21. The molecule has 1 fully saturated rings. The largest absolute Gasteiger partial charge is 0.494 e. The second kappa shape index (κ2) is 5.43. The van der Waals surface area contributed by atoms with E-state index in [9.17, 15) is 5.11 Å². The summed E-state index contributed by atoms with van der Waals surface area (Å²) in [6.45, 7) is 9.07. The van der Waals surface area contributed by atoms with Crippen molar-refractivity contribution < 1.29 is 14.4 Å². The smallest absolute Gasteiger partial charge is 0.399 e. The average molecular weight is 340 g/mol. The average Bonchev–Trinajstić information content (AvgIpc) is 3.11. The predicted molar refractivity (Wildman–Crippen MR) is 96.6 cm³/mol. The van der Waals surface area contributed by atoms with Gasteiger partial charge in [0.05, 0.1) is 11.2 Å². The van der Waals surface area contributed by atoms with E-state index in [-0.39, 0.29) is 11.2 Å². The van der Waals surface area contributed by atoms with Crippen LogP contribution >= 0.6 is 0 Å². The van der Waals surface area contributed by atoms with Crippen LogP contribution in [-0.4, -0.2) is 33.0 Å². The molecule has 132 valence electrons. The van der Waals surface area contributed by atoms with Gasteiger partial charge in [-0.3, -0.25) is 0 Å². The highest BCUT2D eigenvalue weighted by molar-refractivity contribution is 6.62. The number of rotatable bonds is 2. The fraction of sp³-hybridized carbons (Fsp3) is 0.526. The zero-order valence-corrected chi connectivity index (χ0v) is 15.3. The summed E-state index contributed by atoms with van der Waals surface area (Å²) >= 11 is 0. The molecule has 1 aromatic heterocycles. The summed E-state index contributed by atoms with van der Waals surface area (Å²) in [6.07, 6.45) is 5.26. The Balaban J connectivity index is 1.70. The van der Waals surface area contributed by atoms with Crippen molar-refractivity contribution in [3.05, 3.63) is 48.0 Å². The second-order valence-corrected chi connectivity index (χ2v) is 8.12. The van der Waals surface area contributed by atoms with Crippen LogP contribution in [0.25, 0.3) is 0 Å². The minimum atomic E-state index is -1.07. The summed E-state index contributed by atoms with van der Waals surface area (Å²) in [5.41, 5.74) is -0.0706. The molecule has 2 aliphatic rings. The molecule has 0 bridgehead atoms. The van der Waals surface area contributed by atoms with Crippen molar-refractivity contribution in [2.45, 2.75) is 63.9 Å². The maximum Gasteiger partial charge on any atom is 0.494 e. The zero-order valence-electron chi connectivity index (χ0n) is 15.3. The Morgan fingerprint density at radius 2 is 1.88 bits per heavy atom. The molecule has 1 N–H and O–H groups in total. The van der Waals surface area contributed by atoms with Crippen molar-refractivity contribution >= 4 is 12.6 Å². The van der Waals surface area contributed by atoms with Gasteiger partial charge in [-0.2, -0.15) is 0 Å². The maximum absolute atomic E-state index is 11.4. The first kappa shape index (κ1) is 16.8. The summed E-state index contributed by atoms with van der Waals surface area (Å²) in [5, 5.41) is 11.4. The number of imidazole rings is 1. The summed E-state index contributed by atoms with van der Waals surface area (Å²) in [7, 11) is -0.433. The Labute approximate surface area is 149 Å². The lowest BCUT2D eigenvalue weighted by Gasteiger charge is -2.33. The first-order valence-electron chi connectivity index (χ1n) is 8.93. The van der Waals surface area contributed by atoms with Crippen LogP contribution < -0.4 is 5.46 Å². The zero-order chi connectivity index (χ0) is 17.9. The van der Waals surface area contributed by atoms with E-state index in [1.807, 2.05) is 62.7 Å². The van der Waals surface area contributed by atoms with Gasteiger partial charge in [-0.15, -0.1) is 0 Å². The lowest BCUT2D eigenvalue weighted by atomic mass is 9.75. The molecule has 0 saturated carbocycles. The minimum Gasteiger partial charge on any atom is -0.399 e. The van der Waals surface area contributed by atoms with E-state index < -0.39 is 12.7 Å². The van der Waals surface area contributed by atoms with Crippen LogP contribution in [0.5, 0.6) is 0 Å². The molecule has 5 nitrogen and oxygen atoms in total. The van der Waals surface area contributed by atoms with Gasteiger partial charge in [0.2, 0.25) is 0 Å². The summed E-state index contributed by atoms with van der Waals surface area (Å²) in [4.78, 5) is 4.41. The highest BCUT2D eigenvalue weighted by atomic mass is 16.7. The summed E-state index contributed by atoms with van der Waals surface area (Å²) in [5.74, 6) is 0.713. The van der Waals surface area contributed by atoms with Crippen molar-refractivity contribution in [2.24, 2.45) is 0 Å². The third-order valence-electron chi connectivity index (χ3n) is 5.91. The number of aryl methyl sites for hydroxylation is 1. The van der Waals surface area contributed by atoms with Gasteiger partial charge in [0.1, 0.15) is 11.4 Å². The van der Waals surface area contributed by atoms with Crippen molar-refractivity contribution in [1.82, 2.24) is 9.55 Å². The van der Waals surface area contributed by atoms with E-state index in [2.05, 4.69) is 4.98 Å². The number of fused-ring (bicyclic) bond motifs is 1. The molecule has 0 amide bonds. The molecule has 1 aromatic carbocycles. The molecular formula is C19H25BN2O3. The fourth-order valence-corrected chi connectivity index (χ4v) is 3.67.